The number of nitrogens with zero attached hydrogens (tertiary/aromatic N) is 1. The topological polar surface area (TPSA) is 82.6 Å². The van der Waals surface area contributed by atoms with Gasteiger partial charge in [-0.1, -0.05) is 6.07 Å². The average molecular weight is 525 g/mol. The minimum absolute atomic E-state index is 0. The van der Waals surface area contributed by atoms with E-state index in [0.717, 1.165) is 30.9 Å². The van der Waals surface area contributed by atoms with Crippen LogP contribution in [0.4, 0.5) is 0 Å². The lowest BCUT2D eigenvalue weighted by atomic mass is 10.1. The molecule has 0 radical (unpaired) electrons. The normalized spacial score (nSPS) is 10.9. The molecule has 0 aliphatic rings. The fourth-order valence-corrected chi connectivity index (χ4v) is 2.62. The summed E-state index contributed by atoms with van der Waals surface area (Å²) in [5, 5.41) is 6.60. The zero-order valence-corrected chi connectivity index (χ0v) is 20.5. The second-order valence-electron chi connectivity index (χ2n) is 5.89. The van der Waals surface area contributed by atoms with Crippen LogP contribution in [0.15, 0.2) is 17.1 Å². The Morgan fingerprint density at radius 2 is 1.69 bits per heavy atom. The summed E-state index contributed by atoms with van der Waals surface area (Å²) in [4.78, 5) is 4.57. The molecule has 29 heavy (non-hydrogen) atoms. The highest BCUT2D eigenvalue weighted by Gasteiger charge is 2.15. The average Bonchev–Trinajstić information content (AvgIpc) is 2.72. The van der Waals surface area contributed by atoms with Crippen molar-refractivity contribution in [2.75, 3.05) is 67.9 Å². The van der Waals surface area contributed by atoms with E-state index >= 15 is 0 Å². The molecule has 1 aromatic rings. The predicted octanol–water partition coefficient (Wildman–Crippen LogP) is 2.48. The summed E-state index contributed by atoms with van der Waals surface area (Å²) in [5.41, 5.74) is 1.04. The van der Waals surface area contributed by atoms with Gasteiger partial charge in [0.15, 0.2) is 17.5 Å². The van der Waals surface area contributed by atoms with Crippen LogP contribution in [0, 0.1) is 0 Å². The first-order valence-electron chi connectivity index (χ1n) is 9.58. The SMILES string of the molecule is CCNC(=NCCCOCCOC)NCCc1ccc(OC)c(OC)c1OC.I. The summed E-state index contributed by atoms with van der Waals surface area (Å²) in [6, 6.07) is 3.88. The van der Waals surface area contributed by atoms with Gasteiger partial charge in [-0.05, 0) is 25.8 Å². The first-order chi connectivity index (χ1) is 13.7. The fraction of sp³-hybridized carbons (Fsp3) is 0.650. The van der Waals surface area contributed by atoms with Gasteiger partial charge in [-0.25, -0.2) is 0 Å². The number of aliphatic imine (C=N–C) groups is 1. The van der Waals surface area contributed by atoms with Gasteiger partial charge in [0.1, 0.15) is 0 Å². The van der Waals surface area contributed by atoms with E-state index in [-0.39, 0.29) is 24.0 Å². The van der Waals surface area contributed by atoms with Gasteiger partial charge in [-0.2, -0.15) is 0 Å². The Bertz CT molecular complexity index is 587. The Morgan fingerprint density at radius 3 is 2.31 bits per heavy atom. The molecule has 0 saturated heterocycles. The van der Waals surface area contributed by atoms with Gasteiger partial charge < -0.3 is 34.3 Å². The number of ether oxygens (including phenoxy) is 5. The quantitative estimate of drug-likeness (QED) is 0.167. The van der Waals surface area contributed by atoms with E-state index in [1.54, 1.807) is 28.4 Å². The van der Waals surface area contributed by atoms with Crippen molar-refractivity contribution in [2.24, 2.45) is 4.99 Å². The molecular weight excluding hydrogens is 489 g/mol. The minimum atomic E-state index is 0. The predicted molar refractivity (Wildman–Crippen MR) is 127 cm³/mol. The molecular formula is C20H36IN3O5. The summed E-state index contributed by atoms with van der Waals surface area (Å²) < 4.78 is 26.7. The molecule has 0 bridgehead atoms. The van der Waals surface area contributed by atoms with E-state index in [0.29, 0.717) is 50.2 Å². The van der Waals surface area contributed by atoms with Crippen LogP contribution in [0.5, 0.6) is 17.2 Å². The summed E-state index contributed by atoms with van der Waals surface area (Å²) in [5.74, 6) is 2.74. The van der Waals surface area contributed by atoms with E-state index in [1.165, 1.54) is 0 Å². The van der Waals surface area contributed by atoms with Crippen LogP contribution >= 0.6 is 24.0 Å². The lowest BCUT2D eigenvalue weighted by molar-refractivity contribution is 0.0702. The summed E-state index contributed by atoms with van der Waals surface area (Å²) in [6.45, 7) is 6.16. The number of nitrogens with one attached hydrogen (secondary N) is 2. The Morgan fingerprint density at radius 1 is 0.931 bits per heavy atom. The Kier molecular flexibility index (Phi) is 16.5. The van der Waals surface area contributed by atoms with E-state index in [1.807, 2.05) is 19.1 Å². The molecule has 0 amide bonds. The third-order valence-electron chi connectivity index (χ3n) is 3.97. The molecule has 0 spiro atoms. The Hall–Kier alpha value is -1.46. The highest BCUT2D eigenvalue weighted by atomic mass is 127. The van der Waals surface area contributed by atoms with Crippen molar-refractivity contribution < 1.29 is 23.7 Å². The van der Waals surface area contributed by atoms with Gasteiger partial charge in [0.2, 0.25) is 5.75 Å². The van der Waals surface area contributed by atoms with Crippen molar-refractivity contribution >= 4 is 29.9 Å². The number of hydrogen-bond acceptors (Lipinski definition) is 6. The molecule has 0 aliphatic heterocycles. The zero-order valence-electron chi connectivity index (χ0n) is 18.2. The maximum absolute atomic E-state index is 5.53. The maximum Gasteiger partial charge on any atom is 0.203 e. The minimum Gasteiger partial charge on any atom is -0.493 e. The second-order valence-corrected chi connectivity index (χ2v) is 5.89. The van der Waals surface area contributed by atoms with Gasteiger partial charge in [0, 0.05) is 38.9 Å². The lowest BCUT2D eigenvalue weighted by Crippen LogP contribution is -2.38. The van der Waals surface area contributed by atoms with Gasteiger partial charge in [0.05, 0.1) is 34.5 Å². The van der Waals surface area contributed by atoms with E-state index in [9.17, 15) is 0 Å². The molecule has 0 saturated carbocycles. The third-order valence-corrected chi connectivity index (χ3v) is 3.97. The third kappa shape index (κ3) is 10.2. The van der Waals surface area contributed by atoms with Gasteiger partial charge in [0.25, 0.3) is 0 Å². The van der Waals surface area contributed by atoms with Crippen molar-refractivity contribution in [1.82, 2.24) is 10.6 Å². The zero-order chi connectivity index (χ0) is 20.6. The highest BCUT2D eigenvalue weighted by molar-refractivity contribution is 14.0. The molecule has 0 fully saturated rings. The second kappa shape index (κ2) is 17.4. The number of hydrogen-bond donors (Lipinski definition) is 2. The Labute approximate surface area is 191 Å². The van der Waals surface area contributed by atoms with Gasteiger partial charge >= 0.3 is 0 Å². The van der Waals surface area contributed by atoms with Crippen molar-refractivity contribution in [3.8, 4) is 17.2 Å². The van der Waals surface area contributed by atoms with Crippen molar-refractivity contribution in [1.29, 1.82) is 0 Å². The number of benzene rings is 1. The number of rotatable bonds is 14. The van der Waals surface area contributed by atoms with Crippen LogP contribution in [0.2, 0.25) is 0 Å². The standard InChI is InChI=1S/C20H35N3O5.HI/c1-6-21-20(22-11-7-13-28-15-14-24-2)23-12-10-16-8-9-17(25-3)19(27-5)18(16)26-4;/h8-9H,6-7,10-15H2,1-5H3,(H2,21,22,23);1H. The van der Waals surface area contributed by atoms with Crippen LogP contribution in [0.1, 0.15) is 18.9 Å². The molecule has 168 valence electrons. The molecule has 0 unspecified atom stereocenters. The van der Waals surface area contributed by atoms with Gasteiger partial charge in [-0.3, -0.25) is 4.99 Å². The van der Waals surface area contributed by atoms with Crippen LogP contribution in [0.25, 0.3) is 0 Å². The van der Waals surface area contributed by atoms with Crippen LogP contribution < -0.4 is 24.8 Å². The summed E-state index contributed by atoms with van der Waals surface area (Å²) >= 11 is 0. The number of guanidine groups is 1. The molecule has 2 N–H and O–H groups in total. The summed E-state index contributed by atoms with van der Waals surface area (Å²) in [6.07, 6.45) is 1.62. The van der Waals surface area contributed by atoms with Crippen LogP contribution in [-0.2, 0) is 15.9 Å². The molecule has 0 heterocycles. The first-order valence-corrected chi connectivity index (χ1v) is 9.58. The first kappa shape index (κ1) is 27.5. The Balaban J connectivity index is 0.00000784. The van der Waals surface area contributed by atoms with Crippen molar-refractivity contribution in [2.45, 2.75) is 19.8 Å². The molecule has 1 aromatic carbocycles. The van der Waals surface area contributed by atoms with Crippen molar-refractivity contribution in [3.05, 3.63) is 17.7 Å². The van der Waals surface area contributed by atoms with E-state index in [4.69, 9.17) is 23.7 Å². The van der Waals surface area contributed by atoms with E-state index < -0.39 is 0 Å². The molecule has 1 rings (SSSR count). The molecule has 9 heteroatoms. The smallest absolute Gasteiger partial charge is 0.203 e. The molecule has 0 atom stereocenters. The fourth-order valence-electron chi connectivity index (χ4n) is 2.62. The van der Waals surface area contributed by atoms with Crippen molar-refractivity contribution in [3.63, 3.8) is 0 Å². The largest absolute Gasteiger partial charge is 0.493 e. The monoisotopic (exact) mass is 525 g/mol. The molecule has 8 nitrogen and oxygen atoms in total. The van der Waals surface area contributed by atoms with Gasteiger partial charge in [-0.15, -0.1) is 24.0 Å². The highest BCUT2D eigenvalue weighted by Crippen LogP contribution is 2.39. The van der Waals surface area contributed by atoms with Crippen LogP contribution in [0.3, 0.4) is 0 Å². The number of methoxy groups -OCH3 is 4. The maximum atomic E-state index is 5.53. The molecule has 0 aliphatic carbocycles. The number of halogens is 1. The summed E-state index contributed by atoms with van der Waals surface area (Å²) in [7, 11) is 6.52. The molecule has 0 aromatic heterocycles. The lowest BCUT2D eigenvalue weighted by Gasteiger charge is -2.16. The van der Waals surface area contributed by atoms with Crippen LogP contribution in [-0.4, -0.2) is 73.9 Å². The van der Waals surface area contributed by atoms with E-state index in [2.05, 4.69) is 15.6 Å².